The number of aryl methyl sites for hydroxylation is 1. The SMILES string of the molecule is OCCCc1cnn(C[C@@H]2CCOC2)c1. The summed E-state index contributed by atoms with van der Waals surface area (Å²) in [5, 5.41) is 13.0. The summed E-state index contributed by atoms with van der Waals surface area (Å²) in [4.78, 5) is 0. The summed E-state index contributed by atoms with van der Waals surface area (Å²) in [5.41, 5.74) is 1.21. The third-order valence-corrected chi connectivity index (χ3v) is 2.78. The van der Waals surface area contributed by atoms with E-state index < -0.39 is 0 Å². The van der Waals surface area contributed by atoms with Gasteiger partial charge < -0.3 is 9.84 Å². The number of hydrogen-bond acceptors (Lipinski definition) is 3. The van der Waals surface area contributed by atoms with E-state index in [1.807, 2.05) is 10.9 Å². The van der Waals surface area contributed by atoms with Crippen molar-refractivity contribution in [3.8, 4) is 0 Å². The lowest BCUT2D eigenvalue weighted by molar-refractivity contribution is 0.181. The zero-order valence-corrected chi connectivity index (χ0v) is 8.93. The van der Waals surface area contributed by atoms with E-state index in [4.69, 9.17) is 9.84 Å². The van der Waals surface area contributed by atoms with Gasteiger partial charge in [-0.2, -0.15) is 5.10 Å². The second-order valence-electron chi connectivity index (χ2n) is 4.13. The molecule has 15 heavy (non-hydrogen) atoms. The molecule has 84 valence electrons. The van der Waals surface area contributed by atoms with Gasteiger partial charge in [-0.1, -0.05) is 0 Å². The van der Waals surface area contributed by atoms with Crippen LogP contribution < -0.4 is 0 Å². The minimum Gasteiger partial charge on any atom is -0.396 e. The van der Waals surface area contributed by atoms with Gasteiger partial charge in [0.15, 0.2) is 0 Å². The first kappa shape index (κ1) is 10.6. The third-order valence-electron chi connectivity index (χ3n) is 2.78. The number of nitrogens with zero attached hydrogens (tertiary/aromatic N) is 2. The first-order valence-electron chi connectivity index (χ1n) is 5.58. The molecule has 1 aromatic rings. The lowest BCUT2D eigenvalue weighted by atomic mass is 10.1. The van der Waals surface area contributed by atoms with Crippen LogP contribution in [0, 0.1) is 5.92 Å². The van der Waals surface area contributed by atoms with Crippen molar-refractivity contribution in [1.82, 2.24) is 9.78 Å². The summed E-state index contributed by atoms with van der Waals surface area (Å²) < 4.78 is 7.32. The number of aliphatic hydroxyl groups is 1. The molecule has 1 aliphatic rings. The standard InChI is InChI=1S/C11H18N2O2/c14-4-1-2-10-6-12-13(7-10)8-11-3-5-15-9-11/h6-7,11,14H,1-5,8-9H2/t11-/m0/s1. The van der Waals surface area contributed by atoms with E-state index in [-0.39, 0.29) is 6.61 Å². The maximum absolute atomic E-state index is 8.72. The zero-order chi connectivity index (χ0) is 10.5. The molecule has 1 atom stereocenters. The minimum atomic E-state index is 0.252. The number of hydrogen-bond donors (Lipinski definition) is 1. The molecule has 1 aliphatic heterocycles. The molecule has 4 heteroatoms. The second-order valence-corrected chi connectivity index (χ2v) is 4.13. The van der Waals surface area contributed by atoms with Crippen LogP contribution in [-0.2, 0) is 17.7 Å². The minimum absolute atomic E-state index is 0.252. The number of rotatable bonds is 5. The molecule has 1 aromatic heterocycles. The average Bonchev–Trinajstić information content (AvgIpc) is 2.87. The Hall–Kier alpha value is -0.870. The Morgan fingerprint density at radius 3 is 3.27 bits per heavy atom. The molecule has 0 amide bonds. The van der Waals surface area contributed by atoms with Crippen LogP contribution in [0.5, 0.6) is 0 Å². The number of aliphatic hydroxyl groups excluding tert-OH is 1. The van der Waals surface area contributed by atoms with Crippen molar-refractivity contribution >= 4 is 0 Å². The van der Waals surface area contributed by atoms with Gasteiger partial charge in [0.25, 0.3) is 0 Å². The van der Waals surface area contributed by atoms with Gasteiger partial charge in [-0.15, -0.1) is 0 Å². The second kappa shape index (κ2) is 5.28. The van der Waals surface area contributed by atoms with Crippen molar-refractivity contribution in [2.45, 2.75) is 25.8 Å². The topological polar surface area (TPSA) is 47.3 Å². The van der Waals surface area contributed by atoms with Crippen LogP contribution in [0.1, 0.15) is 18.4 Å². The van der Waals surface area contributed by atoms with Gasteiger partial charge in [-0.25, -0.2) is 0 Å². The Balaban J connectivity index is 1.83. The van der Waals surface area contributed by atoms with Gasteiger partial charge in [0.05, 0.1) is 12.8 Å². The number of ether oxygens (including phenoxy) is 1. The van der Waals surface area contributed by atoms with E-state index in [9.17, 15) is 0 Å². The Bertz CT molecular complexity index is 293. The molecule has 4 nitrogen and oxygen atoms in total. The molecule has 0 aromatic carbocycles. The lowest BCUT2D eigenvalue weighted by Gasteiger charge is -2.06. The van der Waals surface area contributed by atoms with Gasteiger partial charge in [-0.05, 0) is 24.8 Å². The maximum atomic E-state index is 8.72. The molecule has 0 spiro atoms. The highest BCUT2D eigenvalue weighted by molar-refractivity contribution is 5.03. The van der Waals surface area contributed by atoms with Crippen LogP contribution in [0.25, 0.3) is 0 Å². The van der Waals surface area contributed by atoms with Crippen molar-refractivity contribution in [2.24, 2.45) is 5.92 Å². The van der Waals surface area contributed by atoms with E-state index in [2.05, 4.69) is 11.3 Å². The van der Waals surface area contributed by atoms with Gasteiger partial charge in [0, 0.05) is 31.9 Å². The third kappa shape index (κ3) is 3.04. The van der Waals surface area contributed by atoms with Crippen molar-refractivity contribution < 1.29 is 9.84 Å². The molecule has 1 saturated heterocycles. The van der Waals surface area contributed by atoms with Crippen LogP contribution >= 0.6 is 0 Å². The molecule has 0 unspecified atom stereocenters. The molecule has 0 bridgehead atoms. The average molecular weight is 210 g/mol. The Morgan fingerprint density at radius 2 is 2.53 bits per heavy atom. The van der Waals surface area contributed by atoms with Crippen molar-refractivity contribution in [3.63, 3.8) is 0 Å². The van der Waals surface area contributed by atoms with Gasteiger partial charge in [0.1, 0.15) is 0 Å². The Morgan fingerprint density at radius 1 is 1.60 bits per heavy atom. The van der Waals surface area contributed by atoms with Crippen LogP contribution in [0.2, 0.25) is 0 Å². The molecule has 2 heterocycles. The Kier molecular flexibility index (Phi) is 3.75. The summed E-state index contributed by atoms with van der Waals surface area (Å²) in [6.07, 6.45) is 6.85. The zero-order valence-electron chi connectivity index (χ0n) is 8.93. The summed E-state index contributed by atoms with van der Waals surface area (Å²) >= 11 is 0. The van der Waals surface area contributed by atoms with Crippen molar-refractivity contribution in [1.29, 1.82) is 0 Å². The number of aromatic nitrogens is 2. The monoisotopic (exact) mass is 210 g/mol. The molecule has 0 aliphatic carbocycles. The van der Waals surface area contributed by atoms with Gasteiger partial charge in [-0.3, -0.25) is 4.68 Å². The van der Waals surface area contributed by atoms with Gasteiger partial charge in [0.2, 0.25) is 0 Å². The highest BCUT2D eigenvalue weighted by atomic mass is 16.5. The molecule has 0 radical (unpaired) electrons. The van der Waals surface area contributed by atoms with E-state index in [1.165, 1.54) is 5.56 Å². The van der Waals surface area contributed by atoms with Crippen LogP contribution in [0.15, 0.2) is 12.4 Å². The smallest absolute Gasteiger partial charge is 0.0521 e. The summed E-state index contributed by atoms with van der Waals surface area (Å²) in [6.45, 7) is 2.97. The highest BCUT2D eigenvalue weighted by Gasteiger charge is 2.16. The van der Waals surface area contributed by atoms with E-state index in [0.29, 0.717) is 5.92 Å². The van der Waals surface area contributed by atoms with Crippen LogP contribution in [0.4, 0.5) is 0 Å². The summed E-state index contributed by atoms with van der Waals surface area (Å²) in [5.74, 6) is 0.621. The van der Waals surface area contributed by atoms with Crippen LogP contribution in [0.3, 0.4) is 0 Å². The fourth-order valence-electron chi connectivity index (χ4n) is 1.91. The highest BCUT2D eigenvalue weighted by Crippen LogP contribution is 2.14. The van der Waals surface area contributed by atoms with Crippen molar-refractivity contribution in [2.75, 3.05) is 19.8 Å². The molecule has 2 rings (SSSR count). The Labute approximate surface area is 89.9 Å². The molecule has 1 N–H and O–H groups in total. The van der Waals surface area contributed by atoms with E-state index in [0.717, 1.165) is 39.0 Å². The summed E-state index contributed by atoms with van der Waals surface area (Å²) in [6, 6.07) is 0. The van der Waals surface area contributed by atoms with E-state index in [1.54, 1.807) is 0 Å². The first-order chi connectivity index (χ1) is 7.38. The quantitative estimate of drug-likeness (QED) is 0.783. The molecular formula is C11H18N2O2. The lowest BCUT2D eigenvalue weighted by Crippen LogP contribution is -2.10. The van der Waals surface area contributed by atoms with E-state index >= 15 is 0 Å². The fourth-order valence-corrected chi connectivity index (χ4v) is 1.91. The maximum Gasteiger partial charge on any atom is 0.0521 e. The first-order valence-corrected chi connectivity index (χ1v) is 5.58. The summed E-state index contributed by atoms with van der Waals surface area (Å²) in [7, 11) is 0. The normalized spacial score (nSPS) is 21.0. The fraction of sp³-hybridized carbons (Fsp3) is 0.727. The van der Waals surface area contributed by atoms with Gasteiger partial charge >= 0.3 is 0 Å². The largest absolute Gasteiger partial charge is 0.396 e. The molecular weight excluding hydrogens is 192 g/mol. The molecule has 0 saturated carbocycles. The molecule has 1 fully saturated rings. The van der Waals surface area contributed by atoms with Crippen LogP contribution in [-0.4, -0.2) is 34.7 Å². The van der Waals surface area contributed by atoms with Crippen molar-refractivity contribution in [3.05, 3.63) is 18.0 Å². The predicted octanol–water partition coefficient (Wildman–Crippen LogP) is 0.845. The predicted molar refractivity (Wildman–Crippen MR) is 56.6 cm³/mol.